The molecule has 0 amide bonds. The standard InChI is InChI=1S/C10H20N3O2/c1-12-3-4-13(10-12)5-7-15-9-8-14-6-2-11/h3-4,10H,2,5-9,11H2,1H3/q+1. The lowest BCUT2D eigenvalue weighted by atomic mass is 10.6. The first-order valence-corrected chi connectivity index (χ1v) is 5.19. The average Bonchev–Trinajstić information content (AvgIpc) is 2.63. The third-order valence-corrected chi connectivity index (χ3v) is 1.95. The molecule has 2 N–H and O–H groups in total. The van der Waals surface area contributed by atoms with Gasteiger partial charge in [-0.3, -0.25) is 0 Å². The molecule has 0 radical (unpaired) electrons. The summed E-state index contributed by atoms with van der Waals surface area (Å²) in [5.74, 6) is 0. The van der Waals surface area contributed by atoms with Crippen molar-refractivity contribution in [3.05, 3.63) is 18.7 Å². The van der Waals surface area contributed by atoms with Crippen molar-refractivity contribution in [2.24, 2.45) is 12.8 Å². The van der Waals surface area contributed by atoms with Crippen molar-refractivity contribution < 1.29 is 14.0 Å². The molecule has 0 bridgehead atoms. The fourth-order valence-electron chi connectivity index (χ4n) is 1.21. The molecule has 5 heteroatoms. The van der Waals surface area contributed by atoms with Crippen LogP contribution in [0.5, 0.6) is 0 Å². The first-order valence-electron chi connectivity index (χ1n) is 5.19. The first-order chi connectivity index (χ1) is 7.33. The minimum absolute atomic E-state index is 0.569. The summed E-state index contributed by atoms with van der Waals surface area (Å²) in [6.07, 6.45) is 6.05. The van der Waals surface area contributed by atoms with Crippen LogP contribution in [0.1, 0.15) is 0 Å². The Bertz CT molecular complexity index is 263. The van der Waals surface area contributed by atoms with E-state index in [1.54, 1.807) is 0 Å². The summed E-state index contributed by atoms with van der Waals surface area (Å²) in [6.45, 7) is 4.01. The lowest BCUT2D eigenvalue weighted by molar-refractivity contribution is -0.671. The zero-order chi connectivity index (χ0) is 10.9. The fourth-order valence-corrected chi connectivity index (χ4v) is 1.21. The Morgan fingerprint density at radius 1 is 1.20 bits per heavy atom. The van der Waals surface area contributed by atoms with Gasteiger partial charge in [-0.05, 0) is 0 Å². The molecular weight excluding hydrogens is 194 g/mol. The Morgan fingerprint density at radius 3 is 2.53 bits per heavy atom. The van der Waals surface area contributed by atoms with Crippen molar-refractivity contribution in [3.8, 4) is 0 Å². The second kappa shape index (κ2) is 7.39. The highest BCUT2D eigenvalue weighted by atomic mass is 16.5. The van der Waals surface area contributed by atoms with E-state index in [0.29, 0.717) is 33.0 Å². The van der Waals surface area contributed by atoms with E-state index in [9.17, 15) is 0 Å². The molecule has 1 aromatic heterocycles. The van der Waals surface area contributed by atoms with Gasteiger partial charge in [0.25, 0.3) is 0 Å². The fraction of sp³-hybridized carbons (Fsp3) is 0.700. The summed E-state index contributed by atoms with van der Waals surface area (Å²) in [4.78, 5) is 0. The van der Waals surface area contributed by atoms with Crippen molar-refractivity contribution in [2.75, 3.05) is 33.0 Å². The van der Waals surface area contributed by atoms with Crippen molar-refractivity contribution in [1.29, 1.82) is 0 Å². The van der Waals surface area contributed by atoms with E-state index in [2.05, 4.69) is 4.57 Å². The quantitative estimate of drug-likeness (QED) is 0.460. The predicted molar refractivity (Wildman–Crippen MR) is 56.3 cm³/mol. The molecule has 15 heavy (non-hydrogen) atoms. The highest BCUT2D eigenvalue weighted by Crippen LogP contribution is 1.85. The molecule has 0 aromatic carbocycles. The third-order valence-electron chi connectivity index (χ3n) is 1.95. The van der Waals surface area contributed by atoms with Gasteiger partial charge >= 0.3 is 0 Å². The molecule has 0 aliphatic rings. The van der Waals surface area contributed by atoms with Gasteiger partial charge in [-0.25, -0.2) is 9.13 Å². The van der Waals surface area contributed by atoms with Gasteiger partial charge in [0.05, 0.1) is 33.5 Å². The number of aromatic nitrogens is 2. The number of imidazole rings is 1. The molecule has 1 rings (SSSR count). The van der Waals surface area contributed by atoms with E-state index in [1.807, 2.05) is 30.3 Å². The zero-order valence-electron chi connectivity index (χ0n) is 9.26. The van der Waals surface area contributed by atoms with Gasteiger partial charge in [-0.2, -0.15) is 0 Å². The second-order valence-electron chi connectivity index (χ2n) is 3.33. The molecule has 0 aliphatic heterocycles. The topological polar surface area (TPSA) is 53.3 Å². The van der Waals surface area contributed by atoms with Crippen molar-refractivity contribution in [1.82, 2.24) is 4.57 Å². The largest absolute Gasteiger partial charge is 0.378 e. The van der Waals surface area contributed by atoms with E-state index in [1.165, 1.54) is 0 Å². The molecule has 0 atom stereocenters. The maximum Gasteiger partial charge on any atom is 0.243 e. The van der Waals surface area contributed by atoms with Gasteiger partial charge < -0.3 is 15.2 Å². The molecule has 1 heterocycles. The summed E-state index contributed by atoms with van der Waals surface area (Å²) in [7, 11) is 2.00. The van der Waals surface area contributed by atoms with E-state index in [-0.39, 0.29) is 0 Å². The molecule has 0 spiro atoms. The van der Waals surface area contributed by atoms with Crippen molar-refractivity contribution >= 4 is 0 Å². The molecule has 0 saturated heterocycles. The minimum Gasteiger partial charge on any atom is -0.378 e. The van der Waals surface area contributed by atoms with Crippen LogP contribution in [0.2, 0.25) is 0 Å². The molecule has 0 aliphatic carbocycles. The third kappa shape index (κ3) is 5.51. The van der Waals surface area contributed by atoms with E-state index in [4.69, 9.17) is 15.2 Å². The van der Waals surface area contributed by atoms with Crippen LogP contribution in [0.15, 0.2) is 18.7 Å². The maximum absolute atomic E-state index is 5.40. The Labute approximate surface area is 90.4 Å². The molecule has 0 fully saturated rings. The van der Waals surface area contributed by atoms with E-state index < -0.39 is 0 Å². The van der Waals surface area contributed by atoms with Crippen LogP contribution in [-0.2, 0) is 23.1 Å². The number of hydrogen-bond donors (Lipinski definition) is 1. The van der Waals surface area contributed by atoms with Crippen molar-refractivity contribution in [2.45, 2.75) is 6.54 Å². The number of nitrogens with zero attached hydrogens (tertiary/aromatic N) is 2. The molecule has 0 unspecified atom stereocenters. The lowest BCUT2D eigenvalue weighted by Gasteiger charge is -2.03. The molecule has 86 valence electrons. The predicted octanol–water partition coefficient (Wildman–Crippen LogP) is -0.695. The Hall–Kier alpha value is -0.910. The maximum atomic E-state index is 5.40. The monoisotopic (exact) mass is 214 g/mol. The number of ether oxygens (including phenoxy) is 2. The van der Waals surface area contributed by atoms with E-state index >= 15 is 0 Å². The summed E-state index contributed by atoms with van der Waals surface area (Å²) in [5.41, 5.74) is 5.28. The summed E-state index contributed by atoms with van der Waals surface area (Å²) < 4.78 is 14.7. The van der Waals surface area contributed by atoms with Gasteiger partial charge in [-0.1, -0.05) is 0 Å². The van der Waals surface area contributed by atoms with Crippen LogP contribution >= 0.6 is 0 Å². The smallest absolute Gasteiger partial charge is 0.243 e. The van der Waals surface area contributed by atoms with Crippen LogP contribution in [-0.4, -0.2) is 37.5 Å². The highest BCUT2D eigenvalue weighted by Gasteiger charge is 1.98. The summed E-state index contributed by atoms with van der Waals surface area (Å²) >= 11 is 0. The summed E-state index contributed by atoms with van der Waals surface area (Å²) in [6, 6.07) is 0. The number of hydrogen-bond acceptors (Lipinski definition) is 3. The van der Waals surface area contributed by atoms with Gasteiger partial charge in [0.15, 0.2) is 0 Å². The number of aryl methyl sites for hydroxylation is 1. The van der Waals surface area contributed by atoms with Crippen molar-refractivity contribution in [3.63, 3.8) is 0 Å². The zero-order valence-corrected chi connectivity index (χ0v) is 9.26. The lowest BCUT2D eigenvalue weighted by Crippen LogP contribution is -2.24. The van der Waals surface area contributed by atoms with Gasteiger partial charge in [0.1, 0.15) is 18.9 Å². The number of nitrogens with two attached hydrogens (primary N) is 1. The molecular formula is C10H20N3O2+. The van der Waals surface area contributed by atoms with Crippen LogP contribution in [0.25, 0.3) is 0 Å². The van der Waals surface area contributed by atoms with Crippen LogP contribution < -0.4 is 10.3 Å². The van der Waals surface area contributed by atoms with Gasteiger partial charge in [0, 0.05) is 6.54 Å². The average molecular weight is 214 g/mol. The molecule has 5 nitrogen and oxygen atoms in total. The van der Waals surface area contributed by atoms with Gasteiger partial charge in [-0.15, -0.1) is 0 Å². The van der Waals surface area contributed by atoms with Crippen LogP contribution in [0.4, 0.5) is 0 Å². The molecule has 1 aromatic rings. The normalized spacial score (nSPS) is 10.8. The van der Waals surface area contributed by atoms with Crippen LogP contribution in [0, 0.1) is 0 Å². The van der Waals surface area contributed by atoms with Gasteiger partial charge in [0.2, 0.25) is 6.33 Å². The SMILES string of the molecule is C[n+]1ccn(CCOCCOCCN)c1. The first kappa shape index (κ1) is 12.2. The summed E-state index contributed by atoms with van der Waals surface area (Å²) in [5, 5.41) is 0. The Kier molecular flexibility index (Phi) is 5.99. The van der Waals surface area contributed by atoms with Crippen LogP contribution in [0.3, 0.4) is 0 Å². The van der Waals surface area contributed by atoms with E-state index in [0.717, 1.165) is 6.54 Å². The Morgan fingerprint density at radius 2 is 1.93 bits per heavy atom. The second-order valence-corrected chi connectivity index (χ2v) is 3.33. The Balaban J connectivity index is 1.93. The minimum atomic E-state index is 0.569. The number of rotatable bonds is 8. The highest BCUT2D eigenvalue weighted by molar-refractivity contribution is 4.65. The molecule has 0 saturated carbocycles.